The zero-order valence-electron chi connectivity index (χ0n) is 10.1. The first kappa shape index (κ1) is 12.1. The van der Waals surface area contributed by atoms with E-state index in [1.165, 1.54) is 32.0 Å². The van der Waals surface area contributed by atoms with Crippen LogP contribution in [-0.4, -0.2) is 26.7 Å². The van der Waals surface area contributed by atoms with Crippen LogP contribution in [0, 0.1) is 0 Å². The SMILES string of the molecule is O=C(CCn1cncn1)NC1CCCCCC1. The van der Waals surface area contributed by atoms with Crippen LogP contribution in [0.4, 0.5) is 0 Å². The third kappa shape index (κ3) is 4.17. The maximum atomic E-state index is 11.7. The maximum Gasteiger partial charge on any atom is 0.222 e. The van der Waals surface area contributed by atoms with Crippen LogP contribution in [0.15, 0.2) is 12.7 Å². The van der Waals surface area contributed by atoms with E-state index in [-0.39, 0.29) is 5.91 Å². The Bertz CT molecular complexity index is 328. The highest BCUT2D eigenvalue weighted by Crippen LogP contribution is 2.17. The second kappa shape index (κ2) is 6.37. The van der Waals surface area contributed by atoms with Crippen LogP contribution in [0.1, 0.15) is 44.9 Å². The molecule has 0 aliphatic heterocycles. The molecule has 5 nitrogen and oxygen atoms in total. The molecule has 0 bridgehead atoms. The van der Waals surface area contributed by atoms with E-state index in [2.05, 4.69) is 15.4 Å². The van der Waals surface area contributed by atoms with Crippen molar-refractivity contribution < 1.29 is 4.79 Å². The Morgan fingerprint density at radius 1 is 1.29 bits per heavy atom. The van der Waals surface area contributed by atoms with E-state index in [4.69, 9.17) is 0 Å². The molecular weight excluding hydrogens is 216 g/mol. The third-order valence-electron chi connectivity index (χ3n) is 3.25. The fourth-order valence-electron chi connectivity index (χ4n) is 2.29. The fraction of sp³-hybridized carbons (Fsp3) is 0.750. The van der Waals surface area contributed by atoms with Crippen LogP contribution in [0.25, 0.3) is 0 Å². The summed E-state index contributed by atoms with van der Waals surface area (Å²) in [6, 6.07) is 0.390. The van der Waals surface area contributed by atoms with E-state index < -0.39 is 0 Å². The van der Waals surface area contributed by atoms with Crippen LogP contribution in [0.5, 0.6) is 0 Å². The fourth-order valence-corrected chi connectivity index (χ4v) is 2.29. The van der Waals surface area contributed by atoms with Gasteiger partial charge < -0.3 is 5.32 Å². The van der Waals surface area contributed by atoms with Gasteiger partial charge in [0, 0.05) is 12.5 Å². The smallest absolute Gasteiger partial charge is 0.222 e. The lowest BCUT2D eigenvalue weighted by atomic mass is 10.1. The molecule has 17 heavy (non-hydrogen) atoms. The summed E-state index contributed by atoms with van der Waals surface area (Å²) in [4.78, 5) is 15.6. The number of hydrogen-bond donors (Lipinski definition) is 1. The van der Waals surface area contributed by atoms with Gasteiger partial charge in [-0.05, 0) is 12.8 Å². The highest BCUT2D eigenvalue weighted by Gasteiger charge is 2.14. The maximum absolute atomic E-state index is 11.7. The molecule has 1 aromatic heterocycles. The van der Waals surface area contributed by atoms with Gasteiger partial charge in [-0.25, -0.2) is 4.98 Å². The minimum Gasteiger partial charge on any atom is -0.353 e. The number of nitrogens with one attached hydrogen (secondary N) is 1. The van der Waals surface area contributed by atoms with E-state index in [0.29, 0.717) is 19.0 Å². The van der Waals surface area contributed by atoms with Crippen LogP contribution < -0.4 is 5.32 Å². The molecule has 1 aromatic rings. The molecule has 1 aliphatic rings. The van der Waals surface area contributed by atoms with Crippen molar-refractivity contribution >= 4 is 5.91 Å². The van der Waals surface area contributed by atoms with Crippen molar-refractivity contribution in [2.45, 2.75) is 57.5 Å². The summed E-state index contributed by atoms with van der Waals surface area (Å²) in [5.74, 6) is 0.132. The summed E-state index contributed by atoms with van der Waals surface area (Å²) >= 11 is 0. The van der Waals surface area contributed by atoms with Crippen molar-refractivity contribution in [1.29, 1.82) is 0 Å². The van der Waals surface area contributed by atoms with Crippen molar-refractivity contribution in [3.05, 3.63) is 12.7 Å². The second-order valence-corrected chi connectivity index (χ2v) is 4.66. The van der Waals surface area contributed by atoms with Crippen LogP contribution in [0.2, 0.25) is 0 Å². The van der Waals surface area contributed by atoms with Crippen molar-refractivity contribution in [3.8, 4) is 0 Å². The van der Waals surface area contributed by atoms with Gasteiger partial charge in [0.05, 0.1) is 6.54 Å². The first-order valence-electron chi connectivity index (χ1n) is 6.46. The van der Waals surface area contributed by atoms with Crippen molar-refractivity contribution in [2.75, 3.05) is 0 Å². The minimum absolute atomic E-state index is 0.132. The summed E-state index contributed by atoms with van der Waals surface area (Å²) in [6.45, 7) is 0.610. The van der Waals surface area contributed by atoms with Gasteiger partial charge >= 0.3 is 0 Å². The van der Waals surface area contributed by atoms with E-state index in [9.17, 15) is 4.79 Å². The molecule has 1 amide bonds. The van der Waals surface area contributed by atoms with Gasteiger partial charge in [0.2, 0.25) is 5.91 Å². The van der Waals surface area contributed by atoms with E-state index in [0.717, 1.165) is 12.8 Å². The number of rotatable bonds is 4. The molecule has 94 valence electrons. The van der Waals surface area contributed by atoms with Gasteiger partial charge in [-0.15, -0.1) is 0 Å². The van der Waals surface area contributed by atoms with E-state index in [1.807, 2.05) is 0 Å². The van der Waals surface area contributed by atoms with Crippen LogP contribution in [-0.2, 0) is 11.3 Å². The molecule has 1 saturated carbocycles. The van der Waals surface area contributed by atoms with Crippen molar-refractivity contribution in [1.82, 2.24) is 20.1 Å². The normalized spacial score (nSPS) is 17.6. The Morgan fingerprint density at radius 3 is 2.71 bits per heavy atom. The Labute approximate surface area is 102 Å². The molecule has 0 spiro atoms. The van der Waals surface area contributed by atoms with Gasteiger partial charge in [-0.2, -0.15) is 5.10 Å². The molecule has 2 rings (SSSR count). The zero-order chi connectivity index (χ0) is 11.9. The predicted molar refractivity (Wildman–Crippen MR) is 64.3 cm³/mol. The van der Waals surface area contributed by atoms with Gasteiger partial charge in [0.15, 0.2) is 0 Å². The molecule has 5 heteroatoms. The van der Waals surface area contributed by atoms with Crippen LogP contribution in [0.3, 0.4) is 0 Å². The molecule has 0 radical (unpaired) electrons. The Balaban J connectivity index is 1.69. The number of nitrogens with zero attached hydrogens (tertiary/aromatic N) is 3. The van der Waals surface area contributed by atoms with Crippen LogP contribution >= 0.6 is 0 Å². The highest BCUT2D eigenvalue weighted by molar-refractivity contribution is 5.76. The number of aryl methyl sites for hydroxylation is 1. The lowest BCUT2D eigenvalue weighted by molar-refractivity contribution is -0.122. The summed E-state index contributed by atoms with van der Waals surface area (Å²) < 4.78 is 1.69. The molecule has 1 N–H and O–H groups in total. The summed E-state index contributed by atoms with van der Waals surface area (Å²) in [5.41, 5.74) is 0. The van der Waals surface area contributed by atoms with Gasteiger partial charge in [0.1, 0.15) is 12.7 Å². The minimum atomic E-state index is 0.132. The molecule has 0 saturated heterocycles. The molecule has 1 heterocycles. The lowest BCUT2D eigenvalue weighted by Gasteiger charge is -2.15. The predicted octanol–water partition coefficient (Wildman–Crippen LogP) is 1.51. The van der Waals surface area contributed by atoms with Gasteiger partial charge in [-0.1, -0.05) is 25.7 Å². The van der Waals surface area contributed by atoms with E-state index in [1.54, 1.807) is 11.0 Å². The molecule has 0 atom stereocenters. The summed E-state index contributed by atoms with van der Waals surface area (Å²) in [7, 11) is 0. The summed E-state index contributed by atoms with van der Waals surface area (Å²) in [6.07, 6.45) is 11.0. The van der Waals surface area contributed by atoms with Crippen molar-refractivity contribution in [3.63, 3.8) is 0 Å². The zero-order valence-corrected chi connectivity index (χ0v) is 10.1. The first-order chi connectivity index (χ1) is 8.34. The number of hydrogen-bond acceptors (Lipinski definition) is 3. The first-order valence-corrected chi connectivity index (χ1v) is 6.46. The Morgan fingerprint density at radius 2 is 2.06 bits per heavy atom. The molecular formula is C12H20N4O. The second-order valence-electron chi connectivity index (χ2n) is 4.66. The Hall–Kier alpha value is -1.39. The number of aromatic nitrogens is 3. The molecule has 1 fully saturated rings. The largest absolute Gasteiger partial charge is 0.353 e. The number of carbonyl (C=O) groups excluding carboxylic acids is 1. The standard InChI is InChI=1S/C12H20N4O/c17-12(7-8-16-10-13-9-14-16)15-11-5-3-1-2-4-6-11/h9-11H,1-8H2,(H,15,17). The average molecular weight is 236 g/mol. The number of amides is 1. The molecule has 0 aromatic carbocycles. The Kier molecular flexibility index (Phi) is 4.53. The lowest BCUT2D eigenvalue weighted by Crippen LogP contribution is -2.34. The highest BCUT2D eigenvalue weighted by atomic mass is 16.1. The molecule has 1 aliphatic carbocycles. The number of carbonyl (C=O) groups is 1. The molecule has 0 unspecified atom stereocenters. The van der Waals surface area contributed by atoms with Crippen molar-refractivity contribution in [2.24, 2.45) is 0 Å². The topological polar surface area (TPSA) is 59.8 Å². The quantitative estimate of drug-likeness (QED) is 0.806. The third-order valence-corrected chi connectivity index (χ3v) is 3.25. The average Bonchev–Trinajstić information content (AvgIpc) is 2.72. The van der Waals surface area contributed by atoms with Gasteiger partial charge in [0.25, 0.3) is 0 Å². The monoisotopic (exact) mass is 236 g/mol. The summed E-state index contributed by atoms with van der Waals surface area (Å²) in [5, 5.41) is 7.10. The van der Waals surface area contributed by atoms with Gasteiger partial charge in [-0.3, -0.25) is 9.48 Å². The van der Waals surface area contributed by atoms with E-state index >= 15 is 0 Å².